The van der Waals surface area contributed by atoms with Gasteiger partial charge in [-0.15, -0.1) is 0 Å². The maximum atomic E-state index is 11.5. The van der Waals surface area contributed by atoms with Gasteiger partial charge in [-0.3, -0.25) is 4.79 Å². The Kier molecular flexibility index (Phi) is 10.5. The van der Waals surface area contributed by atoms with E-state index in [2.05, 4.69) is 27.4 Å². The molecule has 0 aromatic carbocycles. The first-order valence-electron chi connectivity index (χ1n) is 8.36. The molecule has 0 aromatic rings. The Morgan fingerprint density at radius 1 is 1.05 bits per heavy atom. The SMILES string of the molecule is C=CC(=O)N(C)CCC(C)(CCCC)CCCCCC. The van der Waals surface area contributed by atoms with Crippen LogP contribution in [0, 0.1) is 5.41 Å². The van der Waals surface area contributed by atoms with Crippen LogP contribution in [0.3, 0.4) is 0 Å². The number of likely N-dealkylation sites (N-methyl/N-ethyl adjacent to an activating group) is 1. The largest absolute Gasteiger partial charge is 0.342 e. The molecule has 0 bridgehead atoms. The molecule has 20 heavy (non-hydrogen) atoms. The summed E-state index contributed by atoms with van der Waals surface area (Å²) in [7, 11) is 1.88. The third-order valence-corrected chi connectivity index (χ3v) is 4.37. The van der Waals surface area contributed by atoms with Gasteiger partial charge in [-0.25, -0.2) is 0 Å². The normalized spacial score (nSPS) is 13.8. The second-order valence-electron chi connectivity index (χ2n) is 6.44. The van der Waals surface area contributed by atoms with Crippen molar-refractivity contribution in [2.75, 3.05) is 13.6 Å². The van der Waals surface area contributed by atoms with Gasteiger partial charge in [0.05, 0.1) is 0 Å². The van der Waals surface area contributed by atoms with Gasteiger partial charge in [-0.2, -0.15) is 0 Å². The average molecular weight is 281 g/mol. The van der Waals surface area contributed by atoms with Crippen LogP contribution in [0.2, 0.25) is 0 Å². The van der Waals surface area contributed by atoms with Crippen LogP contribution >= 0.6 is 0 Å². The van der Waals surface area contributed by atoms with Gasteiger partial charge >= 0.3 is 0 Å². The summed E-state index contributed by atoms with van der Waals surface area (Å²) in [6, 6.07) is 0. The molecule has 0 saturated carbocycles. The van der Waals surface area contributed by atoms with Crippen LogP contribution in [0.5, 0.6) is 0 Å². The first kappa shape index (κ1) is 19.2. The molecule has 118 valence electrons. The standard InChI is InChI=1S/C18H35NO/c1-6-9-11-12-14-18(4,13-10-7-2)15-16-19(5)17(20)8-3/h8H,3,6-7,9-16H2,1-2,4-5H3. The van der Waals surface area contributed by atoms with Crippen molar-refractivity contribution in [3.05, 3.63) is 12.7 Å². The number of nitrogens with zero attached hydrogens (tertiary/aromatic N) is 1. The Labute approximate surface area is 126 Å². The van der Waals surface area contributed by atoms with Gasteiger partial charge < -0.3 is 4.90 Å². The van der Waals surface area contributed by atoms with Crippen molar-refractivity contribution in [1.82, 2.24) is 4.90 Å². The molecule has 0 saturated heterocycles. The second-order valence-corrected chi connectivity index (χ2v) is 6.44. The minimum absolute atomic E-state index is 0.0359. The number of amides is 1. The van der Waals surface area contributed by atoms with Crippen molar-refractivity contribution in [3.8, 4) is 0 Å². The first-order valence-corrected chi connectivity index (χ1v) is 8.36. The van der Waals surface area contributed by atoms with E-state index >= 15 is 0 Å². The van der Waals surface area contributed by atoms with Crippen molar-refractivity contribution in [2.45, 2.75) is 78.6 Å². The molecule has 1 amide bonds. The van der Waals surface area contributed by atoms with E-state index in [1.54, 1.807) is 4.90 Å². The van der Waals surface area contributed by atoms with E-state index in [1.165, 1.54) is 57.4 Å². The maximum absolute atomic E-state index is 11.5. The number of hydrogen-bond donors (Lipinski definition) is 0. The molecule has 2 heteroatoms. The van der Waals surface area contributed by atoms with Crippen molar-refractivity contribution in [1.29, 1.82) is 0 Å². The molecule has 1 atom stereocenters. The fourth-order valence-electron chi connectivity index (χ4n) is 2.66. The summed E-state index contributed by atoms with van der Waals surface area (Å²) in [6.45, 7) is 11.3. The van der Waals surface area contributed by atoms with Crippen LogP contribution in [-0.2, 0) is 4.79 Å². The lowest BCUT2D eigenvalue weighted by Gasteiger charge is -2.32. The number of unbranched alkanes of at least 4 members (excludes halogenated alkanes) is 4. The summed E-state index contributed by atoms with van der Waals surface area (Å²) in [4.78, 5) is 13.3. The highest BCUT2D eigenvalue weighted by molar-refractivity contribution is 5.86. The lowest BCUT2D eigenvalue weighted by Crippen LogP contribution is -2.30. The first-order chi connectivity index (χ1) is 9.49. The zero-order chi connectivity index (χ0) is 15.4. The molecule has 0 N–H and O–H groups in total. The molecular formula is C18H35NO. The number of carbonyl (C=O) groups is 1. The molecule has 0 fully saturated rings. The molecule has 1 unspecified atom stereocenters. The van der Waals surface area contributed by atoms with Crippen LogP contribution in [-0.4, -0.2) is 24.4 Å². The van der Waals surface area contributed by atoms with Crippen molar-refractivity contribution < 1.29 is 4.79 Å². The number of hydrogen-bond acceptors (Lipinski definition) is 1. The van der Waals surface area contributed by atoms with Gasteiger partial charge in [-0.1, -0.05) is 65.9 Å². The minimum Gasteiger partial charge on any atom is -0.342 e. The maximum Gasteiger partial charge on any atom is 0.245 e. The van der Waals surface area contributed by atoms with E-state index in [9.17, 15) is 4.79 Å². The van der Waals surface area contributed by atoms with Gasteiger partial charge in [0.25, 0.3) is 0 Å². The van der Waals surface area contributed by atoms with Gasteiger partial charge in [0.15, 0.2) is 0 Å². The number of rotatable bonds is 12. The van der Waals surface area contributed by atoms with Gasteiger partial charge in [0.2, 0.25) is 5.91 Å². The average Bonchev–Trinajstić information content (AvgIpc) is 2.46. The zero-order valence-corrected chi connectivity index (χ0v) is 14.2. The summed E-state index contributed by atoms with van der Waals surface area (Å²) < 4.78 is 0. The van der Waals surface area contributed by atoms with Crippen molar-refractivity contribution in [3.63, 3.8) is 0 Å². The predicted octanol–water partition coefficient (Wildman–Crippen LogP) is 5.19. The predicted molar refractivity (Wildman–Crippen MR) is 88.8 cm³/mol. The Morgan fingerprint density at radius 3 is 2.20 bits per heavy atom. The topological polar surface area (TPSA) is 20.3 Å². The molecular weight excluding hydrogens is 246 g/mol. The van der Waals surface area contributed by atoms with Gasteiger partial charge in [0.1, 0.15) is 0 Å². The van der Waals surface area contributed by atoms with Crippen LogP contribution in [0.15, 0.2) is 12.7 Å². The molecule has 0 aromatic heterocycles. The highest BCUT2D eigenvalue weighted by atomic mass is 16.2. The molecule has 0 spiro atoms. The third kappa shape index (κ3) is 8.39. The quantitative estimate of drug-likeness (QED) is 0.356. The fraction of sp³-hybridized carbons (Fsp3) is 0.833. The Hall–Kier alpha value is -0.790. The Morgan fingerprint density at radius 2 is 1.65 bits per heavy atom. The Balaban J connectivity index is 4.29. The molecule has 0 aliphatic heterocycles. The van der Waals surface area contributed by atoms with Gasteiger partial charge in [0, 0.05) is 13.6 Å². The van der Waals surface area contributed by atoms with E-state index in [4.69, 9.17) is 0 Å². The fourth-order valence-corrected chi connectivity index (χ4v) is 2.66. The molecule has 0 aliphatic rings. The summed E-state index contributed by atoms with van der Waals surface area (Å²) >= 11 is 0. The molecule has 2 nitrogen and oxygen atoms in total. The molecule has 0 rings (SSSR count). The molecule has 0 aliphatic carbocycles. The van der Waals surface area contributed by atoms with E-state index in [1.807, 2.05) is 7.05 Å². The van der Waals surface area contributed by atoms with Crippen molar-refractivity contribution in [2.24, 2.45) is 5.41 Å². The highest BCUT2D eigenvalue weighted by Gasteiger charge is 2.24. The van der Waals surface area contributed by atoms with E-state index < -0.39 is 0 Å². The summed E-state index contributed by atoms with van der Waals surface area (Å²) in [5.74, 6) is 0.0359. The van der Waals surface area contributed by atoms with E-state index in [0.717, 1.165) is 13.0 Å². The number of carbonyl (C=O) groups excluding carboxylic acids is 1. The van der Waals surface area contributed by atoms with Crippen LogP contribution in [0.1, 0.15) is 78.6 Å². The minimum atomic E-state index is 0.0359. The van der Waals surface area contributed by atoms with Crippen LogP contribution in [0.4, 0.5) is 0 Å². The summed E-state index contributed by atoms with van der Waals surface area (Å²) in [6.07, 6.45) is 13.0. The highest BCUT2D eigenvalue weighted by Crippen LogP contribution is 2.34. The molecule has 0 heterocycles. The van der Waals surface area contributed by atoms with E-state index in [0.29, 0.717) is 5.41 Å². The lowest BCUT2D eigenvalue weighted by molar-refractivity contribution is -0.125. The monoisotopic (exact) mass is 281 g/mol. The third-order valence-electron chi connectivity index (χ3n) is 4.37. The molecule has 0 radical (unpaired) electrons. The zero-order valence-electron chi connectivity index (χ0n) is 14.2. The Bertz CT molecular complexity index is 275. The van der Waals surface area contributed by atoms with Crippen LogP contribution < -0.4 is 0 Å². The smallest absolute Gasteiger partial charge is 0.245 e. The lowest BCUT2D eigenvalue weighted by atomic mass is 9.77. The van der Waals surface area contributed by atoms with Crippen LogP contribution in [0.25, 0.3) is 0 Å². The summed E-state index contributed by atoms with van der Waals surface area (Å²) in [5.41, 5.74) is 0.388. The summed E-state index contributed by atoms with van der Waals surface area (Å²) in [5, 5.41) is 0. The van der Waals surface area contributed by atoms with Crippen molar-refractivity contribution >= 4 is 5.91 Å². The van der Waals surface area contributed by atoms with E-state index in [-0.39, 0.29) is 5.91 Å². The van der Waals surface area contributed by atoms with Gasteiger partial charge in [-0.05, 0) is 30.8 Å². The second kappa shape index (κ2) is 10.9.